The van der Waals surface area contributed by atoms with Gasteiger partial charge in [0.2, 0.25) is 0 Å². The highest BCUT2D eigenvalue weighted by molar-refractivity contribution is 6.12. The van der Waals surface area contributed by atoms with E-state index < -0.39 is 0 Å². The molecule has 2 aromatic heterocycles. The van der Waals surface area contributed by atoms with Crippen molar-refractivity contribution >= 4 is 22.6 Å². The molecule has 108 valence electrons. The molecule has 3 rings (SSSR count). The molecule has 1 N–H and O–H groups in total. The van der Waals surface area contributed by atoms with Crippen molar-refractivity contribution in [2.24, 2.45) is 7.05 Å². The lowest BCUT2D eigenvalue weighted by Gasteiger charge is -2.10. The number of hydrogen-bond donors (Lipinski definition) is 1. The van der Waals surface area contributed by atoms with Crippen molar-refractivity contribution in [1.82, 2.24) is 14.3 Å². The maximum Gasteiger partial charge on any atom is 0.257 e. The molecule has 1 amide bonds. The summed E-state index contributed by atoms with van der Waals surface area (Å²) in [6.45, 7) is 4.25. The zero-order valence-corrected chi connectivity index (χ0v) is 12.4. The van der Waals surface area contributed by atoms with E-state index in [0.717, 1.165) is 10.9 Å². The smallest absolute Gasteiger partial charge is 0.257 e. The van der Waals surface area contributed by atoms with Crippen molar-refractivity contribution in [3.63, 3.8) is 0 Å². The monoisotopic (exact) mass is 282 g/mol. The van der Waals surface area contributed by atoms with Gasteiger partial charge >= 0.3 is 0 Å². The van der Waals surface area contributed by atoms with Crippen LogP contribution in [-0.4, -0.2) is 20.3 Å². The molecule has 2 heterocycles. The SMILES string of the molecule is CC(C)n1ccc2c(C(=O)Nc3ccn(C)n3)cccc21. The second kappa shape index (κ2) is 5.09. The number of amides is 1. The van der Waals surface area contributed by atoms with E-state index in [4.69, 9.17) is 0 Å². The normalized spacial score (nSPS) is 11.2. The highest BCUT2D eigenvalue weighted by Gasteiger charge is 2.14. The van der Waals surface area contributed by atoms with Crippen molar-refractivity contribution in [2.75, 3.05) is 5.32 Å². The third-order valence-corrected chi connectivity index (χ3v) is 3.52. The van der Waals surface area contributed by atoms with Crippen LogP contribution in [0.4, 0.5) is 5.82 Å². The second-order valence-electron chi connectivity index (χ2n) is 5.38. The number of aryl methyl sites for hydroxylation is 1. The van der Waals surface area contributed by atoms with Gasteiger partial charge in [-0.25, -0.2) is 0 Å². The van der Waals surface area contributed by atoms with Gasteiger partial charge in [0, 0.05) is 48.0 Å². The molecule has 5 heteroatoms. The fourth-order valence-electron chi connectivity index (χ4n) is 2.50. The van der Waals surface area contributed by atoms with Gasteiger partial charge in [-0.15, -0.1) is 0 Å². The molecule has 0 fully saturated rings. The molecule has 1 aromatic carbocycles. The second-order valence-corrected chi connectivity index (χ2v) is 5.38. The summed E-state index contributed by atoms with van der Waals surface area (Å²) in [5.41, 5.74) is 1.73. The first-order chi connectivity index (χ1) is 10.1. The number of fused-ring (bicyclic) bond motifs is 1. The Morgan fingerprint density at radius 2 is 2.00 bits per heavy atom. The minimum atomic E-state index is -0.138. The maximum atomic E-state index is 12.4. The summed E-state index contributed by atoms with van der Waals surface area (Å²) in [6, 6.07) is 9.91. The first-order valence-corrected chi connectivity index (χ1v) is 6.97. The Bertz CT molecular complexity index is 798. The topological polar surface area (TPSA) is 51.9 Å². The molecule has 0 aliphatic carbocycles. The number of hydrogen-bond acceptors (Lipinski definition) is 2. The predicted octanol–water partition coefficient (Wildman–Crippen LogP) is 3.21. The minimum absolute atomic E-state index is 0.138. The number of carbonyl (C=O) groups excluding carboxylic acids is 1. The maximum absolute atomic E-state index is 12.4. The molecule has 21 heavy (non-hydrogen) atoms. The Balaban J connectivity index is 1.98. The quantitative estimate of drug-likeness (QED) is 0.802. The lowest BCUT2D eigenvalue weighted by Crippen LogP contribution is -2.13. The zero-order chi connectivity index (χ0) is 15.0. The standard InChI is InChI=1S/C16H18N4O/c1-11(2)20-10-7-12-13(5-4-6-14(12)20)16(21)17-15-8-9-19(3)18-15/h4-11H,1-3H3,(H,17,18,21). The van der Waals surface area contributed by atoms with Gasteiger partial charge in [0.15, 0.2) is 5.82 Å². The summed E-state index contributed by atoms with van der Waals surface area (Å²) in [4.78, 5) is 12.4. The van der Waals surface area contributed by atoms with Gasteiger partial charge < -0.3 is 9.88 Å². The molecule has 3 aromatic rings. The first kappa shape index (κ1) is 13.4. The fraction of sp³-hybridized carbons (Fsp3) is 0.250. The van der Waals surface area contributed by atoms with Crippen LogP contribution in [0.2, 0.25) is 0 Å². The minimum Gasteiger partial charge on any atom is -0.345 e. The highest BCUT2D eigenvalue weighted by Crippen LogP contribution is 2.24. The van der Waals surface area contributed by atoms with Crippen LogP contribution in [0.5, 0.6) is 0 Å². The van der Waals surface area contributed by atoms with E-state index in [1.807, 2.05) is 37.5 Å². The number of nitrogens with one attached hydrogen (secondary N) is 1. The van der Waals surface area contributed by atoms with Crippen molar-refractivity contribution in [3.05, 3.63) is 48.3 Å². The van der Waals surface area contributed by atoms with Crippen LogP contribution in [0, 0.1) is 0 Å². The molecule has 0 bridgehead atoms. The van der Waals surface area contributed by atoms with E-state index >= 15 is 0 Å². The van der Waals surface area contributed by atoms with Crippen LogP contribution in [0.3, 0.4) is 0 Å². The van der Waals surface area contributed by atoms with E-state index in [2.05, 4.69) is 28.8 Å². The van der Waals surface area contributed by atoms with E-state index in [0.29, 0.717) is 17.4 Å². The summed E-state index contributed by atoms with van der Waals surface area (Å²) in [7, 11) is 1.82. The van der Waals surface area contributed by atoms with Crippen LogP contribution in [0.25, 0.3) is 10.9 Å². The average molecular weight is 282 g/mol. The molecule has 0 saturated heterocycles. The van der Waals surface area contributed by atoms with E-state index in [1.165, 1.54) is 0 Å². The van der Waals surface area contributed by atoms with Gasteiger partial charge in [0.1, 0.15) is 0 Å². The van der Waals surface area contributed by atoms with Gasteiger partial charge in [-0.2, -0.15) is 5.10 Å². The molecule has 0 atom stereocenters. The molecule has 0 radical (unpaired) electrons. The summed E-state index contributed by atoms with van der Waals surface area (Å²) in [5, 5.41) is 7.96. The molecule has 5 nitrogen and oxygen atoms in total. The lowest BCUT2D eigenvalue weighted by atomic mass is 10.1. The molecule has 0 aliphatic heterocycles. The number of anilines is 1. The number of carbonyl (C=O) groups is 1. The Labute approximate surface area is 123 Å². The predicted molar refractivity (Wildman–Crippen MR) is 83.5 cm³/mol. The molecular weight excluding hydrogens is 264 g/mol. The zero-order valence-electron chi connectivity index (χ0n) is 12.4. The third kappa shape index (κ3) is 2.42. The van der Waals surface area contributed by atoms with Crippen molar-refractivity contribution < 1.29 is 4.79 Å². The summed E-state index contributed by atoms with van der Waals surface area (Å²) < 4.78 is 3.82. The molecule has 0 saturated carbocycles. The van der Waals surface area contributed by atoms with Gasteiger partial charge in [0.05, 0.1) is 0 Å². The van der Waals surface area contributed by atoms with Crippen LogP contribution in [-0.2, 0) is 7.05 Å². The number of aromatic nitrogens is 3. The Morgan fingerprint density at radius 1 is 1.19 bits per heavy atom. The van der Waals surface area contributed by atoms with Crippen molar-refractivity contribution in [2.45, 2.75) is 19.9 Å². The average Bonchev–Trinajstić information content (AvgIpc) is 3.04. The van der Waals surface area contributed by atoms with Gasteiger partial charge in [0.25, 0.3) is 5.91 Å². The summed E-state index contributed by atoms with van der Waals surface area (Å²) in [6.07, 6.45) is 3.82. The van der Waals surface area contributed by atoms with Crippen LogP contribution < -0.4 is 5.32 Å². The summed E-state index contributed by atoms with van der Waals surface area (Å²) >= 11 is 0. The van der Waals surface area contributed by atoms with E-state index in [9.17, 15) is 4.79 Å². The van der Waals surface area contributed by atoms with Gasteiger partial charge in [-0.1, -0.05) is 6.07 Å². The molecular formula is C16H18N4O. The van der Waals surface area contributed by atoms with Crippen LogP contribution in [0.1, 0.15) is 30.2 Å². The third-order valence-electron chi connectivity index (χ3n) is 3.52. The number of rotatable bonds is 3. The van der Waals surface area contributed by atoms with Gasteiger partial charge in [-0.05, 0) is 32.0 Å². The molecule has 0 spiro atoms. The Kier molecular flexibility index (Phi) is 3.25. The molecule has 0 unspecified atom stereocenters. The van der Waals surface area contributed by atoms with Crippen LogP contribution >= 0.6 is 0 Å². The number of nitrogens with zero attached hydrogens (tertiary/aromatic N) is 3. The fourth-order valence-corrected chi connectivity index (χ4v) is 2.50. The van der Waals surface area contributed by atoms with Crippen molar-refractivity contribution in [3.8, 4) is 0 Å². The van der Waals surface area contributed by atoms with E-state index in [1.54, 1.807) is 16.9 Å². The first-order valence-electron chi connectivity index (χ1n) is 6.97. The summed E-state index contributed by atoms with van der Waals surface area (Å²) in [5.74, 6) is 0.420. The largest absolute Gasteiger partial charge is 0.345 e. The van der Waals surface area contributed by atoms with Crippen LogP contribution in [0.15, 0.2) is 42.7 Å². The van der Waals surface area contributed by atoms with Crippen molar-refractivity contribution in [1.29, 1.82) is 0 Å². The highest BCUT2D eigenvalue weighted by atomic mass is 16.1. The van der Waals surface area contributed by atoms with Gasteiger partial charge in [-0.3, -0.25) is 9.48 Å². The molecule has 0 aliphatic rings. The Morgan fingerprint density at radius 3 is 2.67 bits per heavy atom. The number of benzene rings is 1. The lowest BCUT2D eigenvalue weighted by molar-refractivity contribution is 0.102. The Hall–Kier alpha value is -2.56. The van der Waals surface area contributed by atoms with E-state index in [-0.39, 0.29) is 5.91 Å².